The second-order valence-corrected chi connectivity index (χ2v) is 9.41. The molecule has 2 N–H and O–H groups in total. The van der Waals surface area contributed by atoms with E-state index in [1.807, 2.05) is 38.1 Å². The van der Waals surface area contributed by atoms with Crippen molar-refractivity contribution in [2.45, 2.75) is 33.0 Å². The van der Waals surface area contributed by atoms with Crippen molar-refractivity contribution >= 4 is 22.6 Å². The minimum Gasteiger partial charge on any atom is -0.497 e. The van der Waals surface area contributed by atoms with Crippen molar-refractivity contribution in [3.05, 3.63) is 75.5 Å². The van der Waals surface area contributed by atoms with Crippen LogP contribution in [-0.2, 0) is 13.2 Å². The number of hydrogen-bond donors (Lipinski definition) is 1. The third kappa shape index (κ3) is 4.53. The number of likely N-dealkylation sites (N-methyl/N-ethyl adjacent to an activating group) is 1. The highest BCUT2D eigenvalue weighted by molar-refractivity contribution is 6.06. The van der Waals surface area contributed by atoms with E-state index in [0.717, 1.165) is 5.56 Å². The Hall–Kier alpha value is -4.54. The number of halogens is 1. The molecule has 0 spiro atoms. The van der Waals surface area contributed by atoms with Gasteiger partial charge in [-0.1, -0.05) is 18.2 Å². The van der Waals surface area contributed by atoms with E-state index in [4.69, 9.17) is 19.9 Å². The van der Waals surface area contributed by atoms with Gasteiger partial charge in [0.25, 0.3) is 11.5 Å². The number of anilines is 1. The van der Waals surface area contributed by atoms with Crippen LogP contribution in [0.4, 0.5) is 10.2 Å². The van der Waals surface area contributed by atoms with E-state index in [-0.39, 0.29) is 53.5 Å². The Bertz CT molecular complexity index is 1610. The number of aromatic nitrogens is 3. The Kier molecular flexibility index (Phi) is 6.90. The molecule has 4 aromatic rings. The zero-order chi connectivity index (χ0) is 27.8. The normalized spacial score (nSPS) is 14.9. The van der Waals surface area contributed by atoms with Gasteiger partial charge < -0.3 is 29.4 Å². The number of fused-ring (bicyclic) bond motifs is 3. The first-order valence-electron chi connectivity index (χ1n) is 12.6. The summed E-state index contributed by atoms with van der Waals surface area (Å²) in [6.45, 7) is 4.99. The number of carbonyl (C=O) groups excluding carboxylic acids is 1. The zero-order valence-corrected chi connectivity index (χ0v) is 22.2. The number of methoxy groups -OCH3 is 2. The summed E-state index contributed by atoms with van der Waals surface area (Å²) in [5, 5.41) is 4.55. The summed E-state index contributed by atoms with van der Waals surface area (Å²) in [6, 6.07) is 11.3. The first kappa shape index (κ1) is 26.1. The van der Waals surface area contributed by atoms with Crippen molar-refractivity contribution in [3.63, 3.8) is 0 Å². The van der Waals surface area contributed by atoms with Gasteiger partial charge in [-0.25, -0.2) is 9.07 Å². The quantitative estimate of drug-likeness (QED) is 0.367. The van der Waals surface area contributed by atoms with Crippen LogP contribution in [0.5, 0.6) is 17.2 Å². The lowest BCUT2D eigenvalue weighted by Gasteiger charge is -2.32. The second kappa shape index (κ2) is 10.3. The van der Waals surface area contributed by atoms with E-state index < -0.39 is 11.4 Å². The van der Waals surface area contributed by atoms with E-state index >= 15 is 0 Å². The number of nitrogens with zero attached hydrogens (tertiary/aromatic N) is 4. The van der Waals surface area contributed by atoms with Gasteiger partial charge in [0.1, 0.15) is 34.8 Å². The fourth-order valence-corrected chi connectivity index (χ4v) is 5.06. The average molecular weight is 536 g/mol. The molecule has 0 bridgehead atoms. The van der Waals surface area contributed by atoms with Crippen LogP contribution in [0.15, 0.2) is 47.3 Å². The Labute approximate surface area is 224 Å². The highest BCUT2D eigenvalue weighted by atomic mass is 19.1. The minimum absolute atomic E-state index is 0.0363. The van der Waals surface area contributed by atoms with E-state index in [1.165, 1.54) is 23.9 Å². The van der Waals surface area contributed by atoms with Gasteiger partial charge in [0, 0.05) is 30.8 Å². The van der Waals surface area contributed by atoms with Gasteiger partial charge >= 0.3 is 0 Å². The molecule has 1 atom stereocenters. The molecule has 11 heteroatoms. The van der Waals surface area contributed by atoms with Gasteiger partial charge in [0.2, 0.25) is 0 Å². The lowest BCUT2D eigenvalue weighted by molar-refractivity contribution is 0.0686. The van der Waals surface area contributed by atoms with Crippen molar-refractivity contribution in [1.29, 1.82) is 0 Å². The Balaban J connectivity index is 1.55. The molecule has 39 heavy (non-hydrogen) atoms. The van der Waals surface area contributed by atoms with Gasteiger partial charge in [0.05, 0.1) is 20.8 Å². The number of rotatable bonds is 8. The molecule has 1 aliphatic heterocycles. The minimum atomic E-state index is -0.480. The molecule has 0 unspecified atom stereocenters. The first-order chi connectivity index (χ1) is 18.8. The predicted molar refractivity (Wildman–Crippen MR) is 144 cm³/mol. The molecule has 2 aromatic carbocycles. The van der Waals surface area contributed by atoms with Crippen molar-refractivity contribution < 1.29 is 23.4 Å². The second-order valence-electron chi connectivity index (χ2n) is 9.41. The maximum atomic E-state index is 14.2. The van der Waals surface area contributed by atoms with E-state index in [0.29, 0.717) is 29.9 Å². The summed E-state index contributed by atoms with van der Waals surface area (Å²) in [5.41, 5.74) is 7.95. The van der Waals surface area contributed by atoms with Crippen molar-refractivity contribution in [1.82, 2.24) is 19.2 Å². The van der Waals surface area contributed by atoms with Crippen LogP contribution >= 0.6 is 0 Å². The third-order valence-electron chi connectivity index (χ3n) is 6.98. The smallest absolute Gasteiger partial charge is 0.280 e. The summed E-state index contributed by atoms with van der Waals surface area (Å²) in [6.07, 6.45) is 0. The SMILES string of the molecule is CCN1C[C@H](C)n2c(c(OC)c3c(=O)n(Cc4ccc(F)cc4OCc4ccc(OC)cc4)nc(N)c32)C1=O. The summed E-state index contributed by atoms with van der Waals surface area (Å²) in [5.74, 6) is 0.522. The standard InChI is InChI=1S/C28H30FN5O5/c1-5-32-13-16(2)34-23-22(25(38-4)24(34)28(32)36)27(35)33(31-26(23)30)14-18-8-9-19(29)12-21(18)39-15-17-6-10-20(37-3)11-7-17/h6-12,16H,5,13-15H2,1-4H3,(H2,30,31)/t16-/m0/s1. The van der Waals surface area contributed by atoms with Gasteiger partial charge in [-0.3, -0.25) is 9.59 Å². The maximum Gasteiger partial charge on any atom is 0.280 e. The Morgan fingerprint density at radius 2 is 1.85 bits per heavy atom. The number of benzene rings is 2. The zero-order valence-electron chi connectivity index (χ0n) is 22.2. The molecule has 0 saturated heterocycles. The van der Waals surface area contributed by atoms with Crippen LogP contribution in [0, 0.1) is 5.82 Å². The molecule has 5 rings (SSSR count). The van der Waals surface area contributed by atoms with E-state index in [1.54, 1.807) is 22.6 Å². The molecule has 3 heterocycles. The molecule has 10 nitrogen and oxygen atoms in total. The van der Waals surface area contributed by atoms with Crippen LogP contribution < -0.4 is 25.5 Å². The number of nitrogen functional groups attached to an aromatic ring is 1. The molecular formula is C28H30FN5O5. The number of ether oxygens (including phenoxy) is 3. The molecule has 204 valence electrons. The fourth-order valence-electron chi connectivity index (χ4n) is 5.06. The lowest BCUT2D eigenvalue weighted by Crippen LogP contribution is -2.42. The van der Waals surface area contributed by atoms with Crippen molar-refractivity contribution in [2.24, 2.45) is 0 Å². The molecule has 0 aliphatic carbocycles. The van der Waals surface area contributed by atoms with E-state index in [9.17, 15) is 14.0 Å². The van der Waals surface area contributed by atoms with Gasteiger partial charge in [-0.2, -0.15) is 0 Å². The van der Waals surface area contributed by atoms with E-state index in [2.05, 4.69) is 5.10 Å². The average Bonchev–Trinajstić information content (AvgIpc) is 3.30. The number of hydrogen-bond acceptors (Lipinski definition) is 7. The Morgan fingerprint density at radius 1 is 1.10 bits per heavy atom. The molecule has 0 radical (unpaired) electrons. The Morgan fingerprint density at radius 3 is 2.51 bits per heavy atom. The van der Waals surface area contributed by atoms with Crippen LogP contribution in [0.3, 0.4) is 0 Å². The number of amides is 1. The third-order valence-corrected chi connectivity index (χ3v) is 6.98. The summed E-state index contributed by atoms with van der Waals surface area (Å²) in [7, 11) is 3.01. The number of carbonyl (C=O) groups is 1. The maximum absolute atomic E-state index is 14.2. The highest BCUT2D eigenvalue weighted by Crippen LogP contribution is 2.39. The monoisotopic (exact) mass is 535 g/mol. The first-order valence-corrected chi connectivity index (χ1v) is 12.6. The van der Waals surface area contributed by atoms with Gasteiger partial charge in [-0.05, 0) is 37.6 Å². The summed E-state index contributed by atoms with van der Waals surface area (Å²) >= 11 is 0. The van der Waals surface area contributed by atoms with Crippen LogP contribution in [0.25, 0.3) is 10.9 Å². The van der Waals surface area contributed by atoms with Crippen molar-refractivity contribution in [2.75, 3.05) is 33.0 Å². The van der Waals surface area contributed by atoms with Gasteiger partial charge in [0.15, 0.2) is 17.3 Å². The summed E-state index contributed by atoms with van der Waals surface area (Å²) < 4.78 is 33.8. The summed E-state index contributed by atoms with van der Waals surface area (Å²) in [4.78, 5) is 28.7. The lowest BCUT2D eigenvalue weighted by atomic mass is 10.2. The fraction of sp³-hybridized carbons (Fsp3) is 0.321. The molecule has 2 aromatic heterocycles. The topological polar surface area (TPSA) is 114 Å². The number of nitrogens with two attached hydrogens (primary N) is 1. The molecule has 1 amide bonds. The van der Waals surface area contributed by atoms with Gasteiger partial charge in [-0.15, -0.1) is 5.10 Å². The van der Waals surface area contributed by atoms with Crippen LogP contribution in [0.1, 0.15) is 41.5 Å². The van der Waals surface area contributed by atoms with Crippen LogP contribution in [0.2, 0.25) is 0 Å². The van der Waals surface area contributed by atoms with Crippen molar-refractivity contribution in [3.8, 4) is 17.2 Å². The largest absolute Gasteiger partial charge is 0.497 e. The molecular weight excluding hydrogens is 505 g/mol. The van der Waals surface area contributed by atoms with Crippen LogP contribution in [-0.4, -0.2) is 52.5 Å². The molecule has 0 fully saturated rings. The predicted octanol–water partition coefficient (Wildman–Crippen LogP) is 3.60. The molecule has 0 saturated carbocycles. The highest BCUT2D eigenvalue weighted by Gasteiger charge is 2.37. The molecule has 1 aliphatic rings.